The summed E-state index contributed by atoms with van der Waals surface area (Å²) in [6, 6.07) is 0. The molecule has 2 amide bonds. The van der Waals surface area contributed by atoms with Gasteiger partial charge in [0.05, 0.1) is 5.33 Å². The number of hydroxylamine groups is 2. The number of nitrogens with zero attached hydrogens (tertiary/aromatic N) is 1. The van der Waals surface area contributed by atoms with Gasteiger partial charge in [-0.05, 0) is 7.05 Å². The number of Topliss-reactive ketones (excluding diaryl/α,β-unsaturated/α-hetero) is 1. The van der Waals surface area contributed by atoms with Crippen molar-refractivity contribution in [1.82, 2.24) is 5.06 Å². The first-order valence-corrected chi connectivity index (χ1v) is 18.0. The monoisotopic (exact) mass is 712 g/mol. The largest absolute Gasteiger partial charge is 0.343 e. The minimum absolute atomic E-state index is 0. The maximum Gasteiger partial charge on any atom is 0.343 e. The van der Waals surface area contributed by atoms with E-state index in [0.717, 1.165) is 0 Å². The van der Waals surface area contributed by atoms with Crippen LogP contribution in [0.1, 0.15) is 162 Å². The maximum atomic E-state index is 10.8. The molecule has 1 heterocycles. The molecule has 0 aromatic heterocycles. The van der Waals surface area contributed by atoms with E-state index < -0.39 is 17.8 Å². The van der Waals surface area contributed by atoms with Gasteiger partial charge in [0, 0.05) is 19.3 Å². The quantitative estimate of drug-likeness (QED) is 0.230. The Bertz CT molecular complexity index is 527. The molecule has 0 atom stereocenters. The molecular weight excluding hydrogens is 652 g/mol. The summed E-state index contributed by atoms with van der Waals surface area (Å²) in [6.45, 7) is 1.85. The predicted octanol–water partition coefficient (Wildman–Crippen LogP) is 9.36. The second-order valence-corrected chi connectivity index (χ2v) is 11.4. The van der Waals surface area contributed by atoms with E-state index in [1.54, 1.807) is 0 Å². The summed E-state index contributed by atoms with van der Waals surface area (Å²) in [5.74, 6) is -1.32. The van der Waals surface area contributed by atoms with Gasteiger partial charge in [-0.15, -0.1) is 5.06 Å². The molecule has 0 unspecified atom stereocenters. The SMILES string of the molecule is C.C1CCCCCCCCC1.C1CCCCCCCCC1.CCC(=O)CBr.CN.O=C(CBr)ON1C(=O)CCC1=O. The number of rotatable bonds is 4. The highest BCUT2D eigenvalue weighted by molar-refractivity contribution is 9.09. The fourth-order valence-corrected chi connectivity index (χ4v) is 4.91. The third-order valence-electron chi connectivity index (χ3n) is 6.85. The standard InChI is InChI=1S/2C10H20.C6H6BrNO4.C4H7BrO.CH5N.CH4/c2*1-2-4-6-8-10-9-7-5-3-1;7-3-6(11)12-8-4(9)1-2-5(8)10;1-2-4(6)3-5;1-2;/h2*1-10H2;1-3H2;2-3H2,1H3;2H2,1H3;1H4. The molecule has 2 saturated carbocycles. The lowest BCUT2D eigenvalue weighted by Crippen LogP contribution is -2.32. The second kappa shape index (κ2) is 35.4. The molecule has 0 aromatic carbocycles. The molecule has 0 radical (unpaired) electrons. The smallest absolute Gasteiger partial charge is 0.333 e. The summed E-state index contributed by atoms with van der Waals surface area (Å²) in [5.41, 5.74) is 4.50. The van der Waals surface area contributed by atoms with Crippen molar-refractivity contribution in [3.8, 4) is 0 Å². The maximum absolute atomic E-state index is 10.8. The molecule has 0 bridgehead atoms. The number of halogens is 2. The topological polar surface area (TPSA) is 107 Å². The van der Waals surface area contributed by atoms with E-state index >= 15 is 0 Å². The first-order valence-electron chi connectivity index (χ1n) is 15.7. The van der Waals surface area contributed by atoms with Crippen LogP contribution < -0.4 is 5.73 Å². The van der Waals surface area contributed by atoms with Gasteiger partial charge in [-0.1, -0.05) is 175 Å². The number of alkyl halides is 2. The molecular formula is C32H62Br2N2O5. The minimum Gasteiger partial charge on any atom is -0.333 e. The van der Waals surface area contributed by atoms with Gasteiger partial charge in [-0.2, -0.15) is 0 Å². The molecule has 7 nitrogen and oxygen atoms in total. The zero-order chi connectivity index (χ0) is 30.3. The lowest BCUT2D eigenvalue weighted by atomic mass is 10.0. The second-order valence-electron chi connectivity index (χ2n) is 10.3. The van der Waals surface area contributed by atoms with Gasteiger partial charge in [0.15, 0.2) is 0 Å². The lowest BCUT2D eigenvalue weighted by Gasteiger charge is -2.10. The molecule has 244 valence electrons. The van der Waals surface area contributed by atoms with Gasteiger partial charge in [0.1, 0.15) is 11.1 Å². The van der Waals surface area contributed by atoms with Crippen LogP contribution in [0.3, 0.4) is 0 Å². The van der Waals surface area contributed by atoms with Crippen LogP contribution in [0, 0.1) is 0 Å². The number of nitrogens with two attached hydrogens (primary N) is 1. The van der Waals surface area contributed by atoms with Gasteiger partial charge in [0.2, 0.25) is 0 Å². The van der Waals surface area contributed by atoms with Crippen molar-refractivity contribution in [2.24, 2.45) is 5.73 Å². The highest BCUT2D eigenvalue weighted by Gasteiger charge is 2.32. The fraction of sp³-hybridized carbons (Fsp3) is 0.875. The number of amides is 2. The van der Waals surface area contributed by atoms with Crippen molar-refractivity contribution in [1.29, 1.82) is 0 Å². The Labute approximate surface area is 269 Å². The molecule has 41 heavy (non-hydrogen) atoms. The molecule has 3 fully saturated rings. The molecule has 1 saturated heterocycles. The Kier molecular flexibility index (Phi) is 38.5. The van der Waals surface area contributed by atoms with Crippen LogP contribution in [0.25, 0.3) is 0 Å². The average Bonchev–Trinajstić information content (AvgIpc) is 3.32. The van der Waals surface area contributed by atoms with E-state index in [1.807, 2.05) is 6.92 Å². The molecule has 2 N–H and O–H groups in total. The minimum atomic E-state index is -0.654. The Morgan fingerprint density at radius 1 is 0.610 bits per heavy atom. The van der Waals surface area contributed by atoms with Crippen molar-refractivity contribution < 1.29 is 24.0 Å². The van der Waals surface area contributed by atoms with E-state index in [2.05, 4.69) is 42.4 Å². The third kappa shape index (κ3) is 30.5. The van der Waals surface area contributed by atoms with Crippen LogP contribution in [0.4, 0.5) is 0 Å². The van der Waals surface area contributed by atoms with Gasteiger partial charge in [-0.3, -0.25) is 14.4 Å². The zero-order valence-corrected chi connectivity index (χ0v) is 28.7. The van der Waals surface area contributed by atoms with E-state index in [0.29, 0.717) is 16.8 Å². The van der Waals surface area contributed by atoms with Gasteiger partial charge in [0.25, 0.3) is 11.8 Å². The highest BCUT2D eigenvalue weighted by atomic mass is 79.9. The van der Waals surface area contributed by atoms with E-state index in [4.69, 9.17) is 0 Å². The van der Waals surface area contributed by atoms with Crippen LogP contribution >= 0.6 is 31.9 Å². The summed E-state index contributed by atoms with van der Waals surface area (Å²) < 4.78 is 0. The van der Waals surface area contributed by atoms with Crippen molar-refractivity contribution in [2.45, 2.75) is 162 Å². The molecule has 2 aliphatic carbocycles. The van der Waals surface area contributed by atoms with Crippen LogP contribution in [0.2, 0.25) is 0 Å². The van der Waals surface area contributed by atoms with Crippen molar-refractivity contribution in [2.75, 3.05) is 17.7 Å². The molecule has 3 rings (SSSR count). The first kappa shape index (κ1) is 44.6. The van der Waals surface area contributed by atoms with E-state index in [-0.39, 0.29) is 31.4 Å². The Morgan fingerprint density at radius 3 is 1.00 bits per heavy atom. The lowest BCUT2D eigenvalue weighted by molar-refractivity contribution is -0.195. The fourth-order valence-electron chi connectivity index (χ4n) is 4.41. The summed E-state index contributed by atoms with van der Waals surface area (Å²) in [6.07, 6.45) is 30.9. The summed E-state index contributed by atoms with van der Waals surface area (Å²) >= 11 is 5.86. The van der Waals surface area contributed by atoms with Gasteiger partial charge >= 0.3 is 5.97 Å². The van der Waals surface area contributed by atoms with Crippen LogP contribution in [0.5, 0.6) is 0 Å². The Balaban J connectivity index is -0.000000466. The van der Waals surface area contributed by atoms with Gasteiger partial charge < -0.3 is 10.6 Å². The molecule has 0 aromatic rings. The number of ketones is 1. The summed E-state index contributed by atoms with van der Waals surface area (Å²) in [4.78, 5) is 46.9. The Morgan fingerprint density at radius 2 is 0.854 bits per heavy atom. The highest BCUT2D eigenvalue weighted by Crippen LogP contribution is 2.17. The van der Waals surface area contributed by atoms with Crippen LogP contribution in [0.15, 0.2) is 0 Å². The first-order chi connectivity index (χ1) is 19.5. The third-order valence-corrected chi connectivity index (χ3v) is 7.93. The molecule has 1 aliphatic heterocycles. The zero-order valence-electron chi connectivity index (χ0n) is 25.5. The van der Waals surface area contributed by atoms with Crippen molar-refractivity contribution in [3.63, 3.8) is 0 Å². The van der Waals surface area contributed by atoms with E-state index in [1.165, 1.54) is 135 Å². The normalized spacial score (nSPS) is 18.0. The van der Waals surface area contributed by atoms with Crippen LogP contribution in [-0.4, -0.2) is 46.3 Å². The Hall–Kier alpha value is -0.800. The molecule has 3 aliphatic rings. The number of hydrogen-bond donors (Lipinski definition) is 1. The van der Waals surface area contributed by atoms with Crippen LogP contribution in [-0.2, 0) is 24.0 Å². The summed E-state index contributed by atoms with van der Waals surface area (Å²) in [5, 5.41) is 0.983. The van der Waals surface area contributed by atoms with Crippen molar-refractivity contribution >= 4 is 55.4 Å². The van der Waals surface area contributed by atoms with Gasteiger partial charge in [-0.25, -0.2) is 4.79 Å². The number of hydrogen-bond acceptors (Lipinski definition) is 6. The summed E-state index contributed by atoms with van der Waals surface area (Å²) in [7, 11) is 1.50. The number of carbonyl (C=O) groups is 4. The molecule has 9 heteroatoms. The average molecular weight is 715 g/mol. The predicted molar refractivity (Wildman–Crippen MR) is 179 cm³/mol. The number of imide groups is 1. The van der Waals surface area contributed by atoms with Crippen molar-refractivity contribution in [3.05, 3.63) is 0 Å². The van der Waals surface area contributed by atoms with E-state index in [9.17, 15) is 19.2 Å². The number of carbonyl (C=O) groups excluding carboxylic acids is 4. The molecule has 0 spiro atoms.